The van der Waals surface area contributed by atoms with Gasteiger partial charge in [0.25, 0.3) is 0 Å². The molecular weight excluding hydrogens is 600 g/mol. The highest BCUT2D eigenvalue weighted by Crippen LogP contribution is 2.34. The first-order chi connectivity index (χ1) is 20.5. The van der Waals surface area contributed by atoms with Gasteiger partial charge in [0.15, 0.2) is 43.1 Å². The Bertz CT molecular complexity index is 1090. The third-order valence-electron chi connectivity index (χ3n) is 5.90. The van der Waals surface area contributed by atoms with Gasteiger partial charge in [0, 0.05) is 48.5 Å². The highest BCUT2D eigenvalue weighted by molar-refractivity contribution is 5.69. The first kappa shape index (κ1) is 36.3. The first-order valence-corrected chi connectivity index (χ1v) is 13.3. The van der Waals surface area contributed by atoms with Crippen molar-refractivity contribution in [3.8, 4) is 0 Å². The van der Waals surface area contributed by atoms with E-state index in [-0.39, 0.29) is 0 Å². The maximum absolute atomic E-state index is 12.2. The predicted octanol–water partition coefficient (Wildman–Crippen LogP) is -1.40. The molecule has 2 rings (SSSR count). The molecule has 0 radical (unpaired) electrons. The Kier molecular flexibility index (Phi) is 13.4. The van der Waals surface area contributed by atoms with Crippen molar-refractivity contribution in [2.75, 3.05) is 13.2 Å². The molecule has 0 aliphatic carbocycles. The van der Waals surface area contributed by atoms with Gasteiger partial charge in [-0.25, -0.2) is 0 Å². The van der Waals surface area contributed by atoms with E-state index in [1.54, 1.807) is 0 Å². The lowest BCUT2D eigenvalue weighted by Gasteiger charge is -2.48. The molecule has 0 aromatic heterocycles. The number of aliphatic hydroxyl groups is 1. The SMILES string of the molecule is CC(=O)OC[C@H]1O[C@@H](O[C@H]2[C@H](OC(C)=O)[C@@H](OC(C)=O)[C@@H](O)O[C@@H]2COC(C)=O)[C@H](OC(C)=O)[C@@H](OC(C)=O)[C@H]1OC(C)=O. The number of esters is 7. The Morgan fingerprint density at radius 2 is 0.841 bits per heavy atom. The van der Waals surface area contributed by atoms with Gasteiger partial charge < -0.3 is 52.5 Å². The smallest absolute Gasteiger partial charge is 0.303 e. The van der Waals surface area contributed by atoms with Crippen LogP contribution in [-0.2, 0) is 80.9 Å². The number of hydrogen-bond acceptors (Lipinski definition) is 18. The molecule has 0 aromatic carbocycles. The fourth-order valence-electron chi connectivity index (χ4n) is 4.49. The average Bonchev–Trinajstić information content (AvgIpc) is 2.87. The van der Waals surface area contributed by atoms with Crippen LogP contribution in [0.25, 0.3) is 0 Å². The van der Waals surface area contributed by atoms with Gasteiger partial charge in [-0.05, 0) is 0 Å². The Labute approximate surface area is 251 Å². The zero-order valence-electron chi connectivity index (χ0n) is 25.1. The lowest BCUT2D eigenvalue weighted by atomic mass is 9.96. The molecule has 0 bridgehead atoms. The Balaban J connectivity index is 2.66. The van der Waals surface area contributed by atoms with E-state index in [0.717, 1.165) is 48.5 Å². The summed E-state index contributed by atoms with van der Waals surface area (Å²) >= 11 is 0. The van der Waals surface area contributed by atoms with Crippen molar-refractivity contribution in [2.24, 2.45) is 0 Å². The topological polar surface area (TPSA) is 232 Å². The number of carbonyl (C=O) groups excluding carboxylic acids is 7. The second kappa shape index (κ2) is 16.3. The molecule has 18 heteroatoms. The largest absolute Gasteiger partial charge is 0.463 e. The summed E-state index contributed by atoms with van der Waals surface area (Å²) in [6.45, 7) is 6.11. The average molecular weight is 637 g/mol. The minimum absolute atomic E-state index is 0.572. The summed E-state index contributed by atoms with van der Waals surface area (Å²) in [4.78, 5) is 83.5. The molecule has 0 aromatic rings. The maximum atomic E-state index is 12.2. The van der Waals surface area contributed by atoms with Crippen molar-refractivity contribution in [3.05, 3.63) is 0 Å². The van der Waals surface area contributed by atoms with Gasteiger partial charge in [-0.2, -0.15) is 0 Å². The van der Waals surface area contributed by atoms with E-state index in [0.29, 0.717) is 0 Å². The van der Waals surface area contributed by atoms with Crippen LogP contribution in [0.1, 0.15) is 48.5 Å². The first-order valence-electron chi connectivity index (χ1n) is 13.3. The number of carbonyl (C=O) groups is 7. The molecule has 0 amide bonds. The van der Waals surface area contributed by atoms with Crippen molar-refractivity contribution in [1.82, 2.24) is 0 Å². The van der Waals surface area contributed by atoms with E-state index in [2.05, 4.69) is 0 Å². The van der Waals surface area contributed by atoms with Crippen molar-refractivity contribution in [1.29, 1.82) is 0 Å². The second-order valence-corrected chi connectivity index (χ2v) is 9.68. The van der Waals surface area contributed by atoms with Gasteiger partial charge in [-0.1, -0.05) is 0 Å². The van der Waals surface area contributed by atoms with E-state index < -0.39 is 116 Å². The molecule has 2 heterocycles. The molecule has 10 atom stereocenters. The summed E-state index contributed by atoms with van der Waals surface area (Å²) in [5.41, 5.74) is 0. The Hall–Kier alpha value is -3.87. The van der Waals surface area contributed by atoms with Crippen molar-refractivity contribution >= 4 is 41.8 Å². The van der Waals surface area contributed by atoms with Crippen LogP contribution in [0.2, 0.25) is 0 Å². The monoisotopic (exact) mass is 636 g/mol. The molecular formula is C26H36O18. The van der Waals surface area contributed by atoms with Gasteiger partial charge in [-0.3, -0.25) is 33.6 Å². The Morgan fingerprint density at radius 3 is 1.27 bits per heavy atom. The van der Waals surface area contributed by atoms with Crippen molar-refractivity contribution in [2.45, 2.75) is 110 Å². The standard InChI is InChI=1S/C26H36O18/c1-10(27)35-8-17-20(21(38-13(4)30)23(25(34)42-17)40-15(6)32)44-26-24(41-16(7)33)22(39-14(5)31)19(37-12(3)29)18(43-26)9-36-11(2)28/h17-26,34H,8-9H2,1-7H3/t17-,18-,19+,20-,21+,22+,23-,24-,25+,26+/m1/s1. The molecule has 18 nitrogen and oxygen atoms in total. The summed E-state index contributed by atoms with van der Waals surface area (Å²) in [5.74, 6) is -6.03. The lowest BCUT2D eigenvalue weighted by molar-refractivity contribution is -0.357. The van der Waals surface area contributed by atoms with Crippen LogP contribution in [0.3, 0.4) is 0 Å². The van der Waals surface area contributed by atoms with Crippen LogP contribution in [0.4, 0.5) is 0 Å². The lowest BCUT2D eigenvalue weighted by Crippen LogP contribution is -2.67. The molecule has 0 saturated carbocycles. The van der Waals surface area contributed by atoms with Gasteiger partial charge in [0.2, 0.25) is 0 Å². The van der Waals surface area contributed by atoms with Crippen LogP contribution in [-0.4, -0.2) is 122 Å². The minimum Gasteiger partial charge on any atom is -0.463 e. The number of hydrogen-bond donors (Lipinski definition) is 1. The molecule has 2 fully saturated rings. The van der Waals surface area contributed by atoms with Crippen molar-refractivity contribution < 1.29 is 86.0 Å². The third-order valence-corrected chi connectivity index (χ3v) is 5.90. The van der Waals surface area contributed by atoms with E-state index in [1.165, 1.54) is 0 Å². The van der Waals surface area contributed by atoms with E-state index in [1.807, 2.05) is 0 Å². The normalized spacial score (nSPS) is 31.5. The number of rotatable bonds is 11. The van der Waals surface area contributed by atoms with E-state index in [9.17, 15) is 38.7 Å². The number of ether oxygens (including phenoxy) is 10. The quantitative estimate of drug-likeness (QED) is 0.203. The summed E-state index contributed by atoms with van der Waals surface area (Å²) < 4.78 is 54.1. The van der Waals surface area contributed by atoms with Crippen LogP contribution < -0.4 is 0 Å². The fraction of sp³-hybridized carbons (Fsp3) is 0.731. The zero-order chi connectivity index (χ0) is 33.3. The molecule has 2 aliphatic rings. The van der Waals surface area contributed by atoms with Gasteiger partial charge >= 0.3 is 41.8 Å². The molecule has 2 aliphatic heterocycles. The predicted molar refractivity (Wildman–Crippen MR) is 135 cm³/mol. The summed E-state index contributed by atoms with van der Waals surface area (Å²) in [5, 5.41) is 10.6. The molecule has 0 spiro atoms. The van der Waals surface area contributed by atoms with Gasteiger partial charge in [-0.15, -0.1) is 0 Å². The molecule has 0 unspecified atom stereocenters. The zero-order valence-corrected chi connectivity index (χ0v) is 25.1. The van der Waals surface area contributed by atoms with Crippen LogP contribution in [0.15, 0.2) is 0 Å². The van der Waals surface area contributed by atoms with Gasteiger partial charge in [0.1, 0.15) is 31.5 Å². The number of aliphatic hydroxyl groups excluding tert-OH is 1. The summed E-state index contributed by atoms with van der Waals surface area (Å²) in [6, 6.07) is 0. The van der Waals surface area contributed by atoms with E-state index in [4.69, 9.17) is 47.4 Å². The highest BCUT2D eigenvalue weighted by Gasteiger charge is 2.57. The van der Waals surface area contributed by atoms with Crippen LogP contribution in [0.5, 0.6) is 0 Å². The second-order valence-electron chi connectivity index (χ2n) is 9.68. The summed E-state index contributed by atoms with van der Waals surface area (Å²) in [6.07, 6.45) is -16.3. The van der Waals surface area contributed by atoms with E-state index >= 15 is 0 Å². The molecule has 44 heavy (non-hydrogen) atoms. The maximum Gasteiger partial charge on any atom is 0.303 e. The van der Waals surface area contributed by atoms with Crippen LogP contribution >= 0.6 is 0 Å². The minimum atomic E-state index is -1.90. The van der Waals surface area contributed by atoms with Gasteiger partial charge in [0.05, 0.1) is 0 Å². The van der Waals surface area contributed by atoms with Crippen molar-refractivity contribution in [3.63, 3.8) is 0 Å². The molecule has 1 N–H and O–H groups in total. The summed E-state index contributed by atoms with van der Waals surface area (Å²) in [7, 11) is 0. The molecule has 248 valence electrons. The Morgan fingerprint density at radius 1 is 0.477 bits per heavy atom. The fourth-order valence-corrected chi connectivity index (χ4v) is 4.49. The highest BCUT2D eigenvalue weighted by atomic mass is 16.8. The molecule has 2 saturated heterocycles. The third kappa shape index (κ3) is 10.7. The van der Waals surface area contributed by atoms with Crippen LogP contribution in [0, 0.1) is 0 Å².